The summed E-state index contributed by atoms with van der Waals surface area (Å²) in [5.74, 6) is 2.64. The Morgan fingerprint density at radius 2 is 1.76 bits per heavy atom. The van der Waals surface area contributed by atoms with Gasteiger partial charge < -0.3 is 25.2 Å². The van der Waals surface area contributed by atoms with Crippen LogP contribution < -0.4 is 25.6 Å². The molecule has 2 saturated heterocycles. The molecule has 1 aromatic carbocycles. The average Bonchev–Trinajstić information content (AvgIpc) is 3.30. The van der Waals surface area contributed by atoms with E-state index in [4.69, 9.17) is 14.7 Å². The van der Waals surface area contributed by atoms with Crippen LogP contribution in [0.15, 0.2) is 41.3 Å². The van der Waals surface area contributed by atoms with Gasteiger partial charge in [0, 0.05) is 61.8 Å². The van der Waals surface area contributed by atoms with Gasteiger partial charge in [0.25, 0.3) is 0 Å². The molecular weight excluding hydrogens is 663 g/mol. The van der Waals surface area contributed by atoms with Gasteiger partial charge in [-0.15, -0.1) is 0 Å². The first kappa shape index (κ1) is 32.7. The van der Waals surface area contributed by atoms with Crippen molar-refractivity contribution in [2.24, 2.45) is 0 Å². The van der Waals surface area contributed by atoms with Gasteiger partial charge in [0.2, 0.25) is 11.8 Å². The Morgan fingerprint density at radius 1 is 0.957 bits per heavy atom. The minimum atomic E-state index is -0.472. The van der Waals surface area contributed by atoms with Crippen molar-refractivity contribution in [2.75, 3.05) is 82.3 Å². The number of aryl methyl sites for hydroxylation is 1. The van der Waals surface area contributed by atoms with Crippen LogP contribution in [0.3, 0.4) is 0 Å². The van der Waals surface area contributed by atoms with Gasteiger partial charge in [-0.2, -0.15) is 9.97 Å². The lowest BCUT2D eigenvalue weighted by Crippen LogP contribution is -2.46. The van der Waals surface area contributed by atoms with Crippen LogP contribution in [0.25, 0.3) is 11.0 Å². The van der Waals surface area contributed by atoms with Gasteiger partial charge in [0.1, 0.15) is 17.3 Å². The number of aromatic nitrogens is 5. The predicted octanol–water partition coefficient (Wildman–Crippen LogP) is 5.61. The highest BCUT2D eigenvalue weighted by molar-refractivity contribution is 9.10. The Hall–Kier alpha value is -3.18. The van der Waals surface area contributed by atoms with E-state index in [1.54, 1.807) is 25.7 Å². The summed E-state index contributed by atoms with van der Waals surface area (Å²) in [6, 6.07) is 6.82. The molecule has 244 valence electrons. The van der Waals surface area contributed by atoms with Crippen LogP contribution in [0, 0.1) is 0 Å². The molecule has 2 aliphatic rings. The topological polar surface area (TPSA) is 107 Å². The first-order chi connectivity index (χ1) is 22.3. The first-order valence-corrected chi connectivity index (χ1v) is 19.1. The molecule has 4 aromatic rings. The van der Waals surface area contributed by atoms with Crippen LogP contribution in [-0.4, -0.2) is 108 Å². The second-order valence-electron chi connectivity index (χ2n) is 12.2. The molecule has 5 heterocycles. The normalized spacial score (nSPS) is 17.0. The summed E-state index contributed by atoms with van der Waals surface area (Å²) in [6.45, 7) is 13.3. The van der Waals surface area contributed by atoms with Crippen molar-refractivity contribution in [3.8, 4) is 5.88 Å². The van der Waals surface area contributed by atoms with Gasteiger partial charge >= 0.3 is 0 Å². The highest BCUT2D eigenvalue weighted by Crippen LogP contribution is 2.36. The summed E-state index contributed by atoms with van der Waals surface area (Å²) in [7, 11) is 3.43. The lowest BCUT2D eigenvalue weighted by atomic mass is 10.0. The molecule has 2 aliphatic heterocycles. The largest absolute Gasteiger partial charge is 0.479 e. The van der Waals surface area contributed by atoms with Gasteiger partial charge in [-0.25, -0.2) is 4.98 Å². The van der Waals surface area contributed by atoms with E-state index in [1.807, 2.05) is 12.1 Å². The van der Waals surface area contributed by atoms with Crippen LogP contribution in [0.1, 0.15) is 31.7 Å². The van der Waals surface area contributed by atoms with E-state index in [1.165, 1.54) is 31.6 Å². The summed E-state index contributed by atoms with van der Waals surface area (Å²) < 4.78 is 6.57. The molecule has 2 N–H and O–H groups in total. The molecule has 0 bridgehead atoms. The van der Waals surface area contributed by atoms with Crippen molar-refractivity contribution >= 4 is 69.1 Å². The Kier molecular flexibility index (Phi) is 10.5. The second kappa shape index (κ2) is 14.7. The van der Waals surface area contributed by atoms with E-state index >= 15 is 0 Å². The Morgan fingerprint density at radius 3 is 2.52 bits per heavy atom. The fraction of sp³-hybridized carbons (Fsp3) is 0.485. The SMILES string of the molecule is CCc1cc(Nc2ncc(Br)c(Nc3ccc4nccnc4c3P(C)C)n2)c(OC)nc1N1CCC(N2CCCN(C)CC2)CC1. The van der Waals surface area contributed by atoms with Crippen molar-refractivity contribution < 1.29 is 4.74 Å². The summed E-state index contributed by atoms with van der Waals surface area (Å²) in [5.41, 5.74) is 4.67. The molecule has 0 aliphatic carbocycles. The minimum absolute atomic E-state index is 0.446. The number of anilines is 5. The molecule has 46 heavy (non-hydrogen) atoms. The number of ether oxygens (including phenoxy) is 1. The smallest absolute Gasteiger partial charge is 0.239 e. The molecule has 11 nitrogen and oxygen atoms in total. The van der Waals surface area contributed by atoms with Crippen molar-refractivity contribution in [1.29, 1.82) is 0 Å². The van der Waals surface area contributed by atoms with Gasteiger partial charge in [0.15, 0.2) is 0 Å². The molecule has 0 atom stereocenters. The molecule has 0 unspecified atom stereocenters. The molecule has 0 radical (unpaired) electrons. The molecular formula is C33H44BrN10OP. The molecule has 0 spiro atoms. The van der Waals surface area contributed by atoms with Gasteiger partial charge in [-0.05, 0) is 98.8 Å². The number of hydrogen-bond acceptors (Lipinski definition) is 11. The zero-order valence-electron chi connectivity index (χ0n) is 27.4. The molecule has 2 fully saturated rings. The van der Waals surface area contributed by atoms with Crippen LogP contribution >= 0.6 is 23.9 Å². The van der Waals surface area contributed by atoms with Crippen molar-refractivity contribution in [3.63, 3.8) is 0 Å². The highest BCUT2D eigenvalue weighted by atomic mass is 79.9. The fourth-order valence-electron chi connectivity index (χ4n) is 6.52. The summed E-state index contributed by atoms with van der Waals surface area (Å²) in [4.78, 5) is 31.2. The Labute approximate surface area is 281 Å². The summed E-state index contributed by atoms with van der Waals surface area (Å²) >= 11 is 3.64. The molecule has 0 saturated carbocycles. The van der Waals surface area contributed by atoms with Crippen molar-refractivity contribution in [3.05, 3.63) is 46.8 Å². The predicted molar refractivity (Wildman–Crippen MR) is 193 cm³/mol. The fourth-order valence-corrected chi connectivity index (χ4v) is 8.02. The number of nitrogens with zero attached hydrogens (tertiary/aromatic N) is 8. The van der Waals surface area contributed by atoms with Crippen LogP contribution in [-0.2, 0) is 6.42 Å². The quantitative estimate of drug-likeness (QED) is 0.212. The Bertz CT molecular complexity index is 1670. The number of pyridine rings is 1. The maximum Gasteiger partial charge on any atom is 0.239 e. The third-order valence-electron chi connectivity index (χ3n) is 8.96. The number of fused-ring (bicyclic) bond motifs is 1. The molecule has 0 amide bonds. The standard InChI is InChI=1S/C33H44BrN10OP/c1-6-22-20-27(32(45-3)41-31(22)44-16-10-23(11-17-44)43-15-7-14-42(2)18-19-43)39-33-37-21-24(34)30(40-33)38-26-9-8-25-28(29(26)46(4)5)36-13-12-35-25/h8-9,12-13,20-21,23H,6-7,10-11,14-19H2,1-5H3,(H2,37,38,39,40). The average molecular weight is 708 g/mol. The van der Waals surface area contributed by atoms with Crippen molar-refractivity contribution in [1.82, 2.24) is 34.7 Å². The van der Waals surface area contributed by atoms with E-state index in [0.717, 1.165) is 76.9 Å². The number of likely N-dealkylation sites (N-methyl/N-ethyl adjacent to an activating group) is 1. The third kappa shape index (κ3) is 7.20. The number of methoxy groups -OCH3 is 1. The van der Waals surface area contributed by atoms with Crippen LogP contribution in [0.5, 0.6) is 5.88 Å². The monoisotopic (exact) mass is 706 g/mol. The minimum Gasteiger partial charge on any atom is -0.479 e. The van der Waals surface area contributed by atoms with E-state index in [-0.39, 0.29) is 0 Å². The van der Waals surface area contributed by atoms with Crippen LogP contribution in [0.4, 0.5) is 29.0 Å². The van der Waals surface area contributed by atoms with E-state index in [2.05, 4.69) is 89.6 Å². The van der Waals surface area contributed by atoms with E-state index in [0.29, 0.717) is 23.7 Å². The highest BCUT2D eigenvalue weighted by Gasteiger charge is 2.28. The van der Waals surface area contributed by atoms with Gasteiger partial charge in [0.05, 0.1) is 22.6 Å². The number of halogens is 1. The second-order valence-corrected chi connectivity index (χ2v) is 15.3. The zero-order chi connectivity index (χ0) is 32.2. The van der Waals surface area contributed by atoms with Gasteiger partial charge in [-0.3, -0.25) is 14.9 Å². The number of benzene rings is 1. The first-order valence-electron chi connectivity index (χ1n) is 16.1. The lowest BCUT2D eigenvalue weighted by Gasteiger charge is -2.39. The van der Waals surface area contributed by atoms with E-state index < -0.39 is 7.92 Å². The number of piperidine rings is 1. The zero-order valence-corrected chi connectivity index (χ0v) is 29.9. The van der Waals surface area contributed by atoms with Crippen molar-refractivity contribution in [2.45, 2.75) is 38.6 Å². The number of nitrogens with one attached hydrogen (secondary N) is 2. The molecule has 3 aromatic heterocycles. The number of rotatable bonds is 9. The number of hydrogen-bond donors (Lipinski definition) is 2. The van der Waals surface area contributed by atoms with E-state index in [9.17, 15) is 0 Å². The maximum absolute atomic E-state index is 5.82. The molecule has 6 rings (SSSR count). The van der Waals surface area contributed by atoms with Crippen LogP contribution in [0.2, 0.25) is 0 Å². The summed E-state index contributed by atoms with van der Waals surface area (Å²) in [5, 5.41) is 8.07. The molecule has 13 heteroatoms. The summed E-state index contributed by atoms with van der Waals surface area (Å²) in [6.07, 6.45) is 9.64. The lowest BCUT2D eigenvalue weighted by molar-refractivity contribution is 0.174. The third-order valence-corrected chi connectivity index (χ3v) is 10.9. The maximum atomic E-state index is 5.82. The Balaban J connectivity index is 1.20. The van der Waals surface area contributed by atoms with Gasteiger partial charge in [-0.1, -0.05) is 14.8 Å².